The quantitative estimate of drug-likeness (QED) is 0.386. The third kappa shape index (κ3) is 3.83. The van der Waals surface area contributed by atoms with Crippen molar-refractivity contribution in [2.45, 2.75) is 44.2 Å². The first-order valence-electron chi connectivity index (χ1n) is 7.64. The van der Waals surface area contributed by atoms with E-state index in [-0.39, 0.29) is 5.92 Å². The number of hydrogen-bond donors (Lipinski definition) is 4. The summed E-state index contributed by atoms with van der Waals surface area (Å²) in [5.74, 6) is -5.26. The van der Waals surface area contributed by atoms with E-state index in [0.717, 1.165) is 0 Å². The van der Waals surface area contributed by atoms with E-state index in [9.17, 15) is 28.6 Å². The van der Waals surface area contributed by atoms with Gasteiger partial charge in [-0.25, -0.2) is 13.6 Å². The summed E-state index contributed by atoms with van der Waals surface area (Å²) in [6, 6.07) is -1.02. The number of ether oxygens (including phenoxy) is 2. The zero-order valence-corrected chi connectivity index (χ0v) is 14.7. The molecule has 26 heavy (non-hydrogen) atoms. The summed E-state index contributed by atoms with van der Waals surface area (Å²) < 4.78 is 38.0. The predicted octanol–water partition coefficient (Wildman–Crippen LogP) is -0.512. The second-order valence-electron chi connectivity index (χ2n) is 6.25. The van der Waals surface area contributed by atoms with Crippen molar-refractivity contribution in [2.24, 2.45) is 11.7 Å². The van der Waals surface area contributed by atoms with Crippen LogP contribution in [0.1, 0.15) is 20.1 Å². The van der Waals surface area contributed by atoms with Crippen LogP contribution >= 0.6 is 12.2 Å². The minimum absolute atomic E-state index is 0.278. The highest BCUT2D eigenvalue weighted by atomic mass is 32.1. The molecule has 1 aromatic heterocycles. The lowest BCUT2D eigenvalue weighted by Crippen LogP contribution is -2.46. The predicted molar refractivity (Wildman–Crippen MR) is 85.6 cm³/mol. The number of halogens is 2. The van der Waals surface area contributed by atoms with Crippen LogP contribution in [-0.4, -0.2) is 56.4 Å². The number of H-pyrrole nitrogens is 1. The molecule has 5 N–H and O–H groups in total. The number of nitrogens with two attached hydrogens (primary N) is 1. The average Bonchev–Trinajstić information content (AvgIpc) is 2.80. The van der Waals surface area contributed by atoms with E-state index < -0.39 is 59.1 Å². The molecule has 12 heteroatoms. The van der Waals surface area contributed by atoms with Gasteiger partial charge in [0.05, 0.1) is 6.20 Å². The molecule has 0 unspecified atom stereocenters. The number of carbonyl (C=O) groups is 1. The van der Waals surface area contributed by atoms with Gasteiger partial charge in [-0.15, -0.1) is 0 Å². The Hall–Kier alpha value is -1.73. The van der Waals surface area contributed by atoms with Crippen LogP contribution < -0.4 is 11.4 Å². The van der Waals surface area contributed by atoms with Gasteiger partial charge in [0.2, 0.25) is 0 Å². The molecule has 5 atom stereocenters. The van der Waals surface area contributed by atoms with Crippen LogP contribution in [0.4, 0.5) is 8.78 Å². The van der Waals surface area contributed by atoms with E-state index in [4.69, 9.17) is 15.2 Å². The Morgan fingerprint density at radius 3 is 2.77 bits per heavy atom. The summed E-state index contributed by atoms with van der Waals surface area (Å²) in [6.07, 6.45) is -5.29. The zero-order valence-electron chi connectivity index (χ0n) is 13.9. The lowest BCUT2D eigenvalue weighted by atomic mass is 10.1. The van der Waals surface area contributed by atoms with E-state index in [2.05, 4.69) is 12.2 Å². The highest BCUT2D eigenvalue weighted by Gasteiger charge is 2.57. The Labute approximate surface area is 151 Å². The van der Waals surface area contributed by atoms with Crippen molar-refractivity contribution in [3.8, 4) is 0 Å². The van der Waals surface area contributed by atoms with Gasteiger partial charge in [-0.05, 0) is 5.92 Å². The average molecular weight is 395 g/mol. The molecule has 1 saturated heterocycles. The first-order valence-corrected chi connectivity index (χ1v) is 8.05. The van der Waals surface area contributed by atoms with Gasteiger partial charge in [0.15, 0.2) is 18.7 Å². The molecule has 1 aromatic rings. The summed E-state index contributed by atoms with van der Waals surface area (Å²) in [4.78, 5) is 25.5. The number of aliphatic hydroxyl groups excluding tert-OH is 2. The first kappa shape index (κ1) is 20.6. The van der Waals surface area contributed by atoms with Crippen molar-refractivity contribution in [3.63, 3.8) is 0 Å². The van der Waals surface area contributed by atoms with Gasteiger partial charge in [0.25, 0.3) is 5.85 Å². The number of nitrogens with one attached hydrogen (secondary N) is 1. The molecule has 146 valence electrons. The molecule has 1 fully saturated rings. The summed E-state index contributed by atoms with van der Waals surface area (Å²) in [5, 5.41) is 19.9. The lowest BCUT2D eigenvalue weighted by Gasteiger charge is -2.24. The highest BCUT2D eigenvalue weighted by molar-refractivity contribution is 7.71. The van der Waals surface area contributed by atoms with Crippen LogP contribution in [0, 0.1) is 16.4 Å². The van der Waals surface area contributed by atoms with E-state index in [0.29, 0.717) is 10.8 Å². The van der Waals surface area contributed by atoms with E-state index >= 15 is 0 Å². The van der Waals surface area contributed by atoms with Gasteiger partial charge in [-0.2, -0.15) is 0 Å². The van der Waals surface area contributed by atoms with E-state index in [1.165, 1.54) is 0 Å². The summed E-state index contributed by atoms with van der Waals surface area (Å²) >= 11 is 4.55. The molecule has 0 spiro atoms. The molecule has 9 nitrogen and oxygen atoms in total. The standard InChI is InChI=1S/C14H19F2N3O6S/c1-5(2)7(17)12(22)24-4-14(16)9(21)8(20)11(25-14)19-3-6(15)10(26)18-13(19)23/h3,5,7-9,11,20-21H,4,17H2,1-2H3,(H,18,23,26)/t7-,8+,9-,11+,14+/m0/s1. The van der Waals surface area contributed by atoms with Crippen molar-refractivity contribution in [1.29, 1.82) is 0 Å². The van der Waals surface area contributed by atoms with Crippen LogP contribution in [0.2, 0.25) is 0 Å². The topological polar surface area (TPSA) is 140 Å². The molecule has 1 aliphatic heterocycles. The molecule has 0 aromatic carbocycles. The van der Waals surface area contributed by atoms with Crippen molar-refractivity contribution in [1.82, 2.24) is 9.55 Å². The summed E-state index contributed by atoms with van der Waals surface area (Å²) in [7, 11) is 0. The van der Waals surface area contributed by atoms with Crippen molar-refractivity contribution >= 4 is 18.2 Å². The maximum Gasteiger partial charge on any atom is 0.328 e. The van der Waals surface area contributed by atoms with Gasteiger partial charge in [0.1, 0.15) is 22.9 Å². The maximum absolute atomic E-state index is 14.8. The molecule has 1 aliphatic rings. The van der Waals surface area contributed by atoms with Gasteiger partial charge in [-0.1, -0.05) is 26.1 Å². The molecule has 2 heterocycles. The van der Waals surface area contributed by atoms with Crippen LogP contribution in [0.25, 0.3) is 0 Å². The monoisotopic (exact) mass is 395 g/mol. The molecule has 0 amide bonds. The van der Waals surface area contributed by atoms with Crippen LogP contribution in [0.15, 0.2) is 11.0 Å². The number of aromatic nitrogens is 2. The first-order chi connectivity index (χ1) is 12.0. The molecular weight excluding hydrogens is 376 g/mol. The number of aromatic amines is 1. The summed E-state index contributed by atoms with van der Waals surface area (Å²) in [5.41, 5.74) is 4.58. The van der Waals surface area contributed by atoms with Gasteiger partial charge in [0, 0.05) is 0 Å². The zero-order chi connectivity index (χ0) is 19.8. The Balaban J connectivity index is 2.21. The SMILES string of the molecule is CC(C)[C@H](N)C(=O)OC[C@@]1(F)O[C@@H](n2cc(F)c(=S)[nH]c2=O)[C@H](O)[C@@H]1O. The van der Waals surface area contributed by atoms with Crippen LogP contribution in [-0.2, 0) is 14.3 Å². The molecular formula is C14H19F2N3O6S. The minimum Gasteiger partial charge on any atom is -0.458 e. The van der Waals surface area contributed by atoms with E-state index in [1.54, 1.807) is 13.8 Å². The fourth-order valence-corrected chi connectivity index (χ4v) is 2.42. The number of hydrogen-bond acceptors (Lipinski definition) is 8. The Morgan fingerprint density at radius 1 is 1.58 bits per heavy atom. The lowest BCUT2D eigenvalue weighted by molar-refractivity contribution is -0.217. The molecule has 0 aliphatic carbocycles. The second-order valence-corrected chi connectivity index (χ2v) is 6.66. The Bertz CT molecular complexity index is 800. The number of alkyl halides is 1. The van der Waals surface area contributed by atoms with Crippen molar-refractivity contribution in [2.75, 3.05) is 6.61 Å². The fourth-order valence-electron chi connectivity index (χ4n) is 2.28. The van der Waals surface area contributed by atoms with Crippen molar-refractivity contribution in [3.05, 3.63) is 27.1 Å². The third-order valence-electron chi connectivity index (χ3n) is 3.97. The van der Waals surface area contributed by atoms with Gasteiger partial charge >= 0.3 is 11.7 Å². The van der Waals surface area contributed by atoms with Crippen LogP contribution in [0.3, 0.4) is 0 Å². The second kappa shape index (κ2) is 7.48. The Morgan fingerprint density at radius 2 is 2.19 bits per heavy atom. The molecule has 2 rings (SSSR count). The van der Waals surface area contributed by atoms with Crippen molar-refractivity contribution < 1.29 is 33.3 Å². The smallest absolute Gasteiger partial charge is 0.328 e. The number of esters is 1. The minimum atomic E-state index is -3.03. The fraction of sp³-hybridized carbons (Fsp3) is 0.643. The number of rotatable bonds is 5. The van der Waals surface area contributed by atoms with Gasteiger partial charge in [-0.3, -0.25) is 14.3 Å². The van der Waals surface area contributed by atoms with Crippen LogP contribution in [0.5, 0.6) is 0 Å². The highest BCUT2D eigenvalue weighted by Crippen LogP contribution is 2.38. The Kier molecular flexibility index (Phi) is 5.92. The molecule has 0 saturated carbocycles. The largest absolute Gasteiger partial charge is 0.458 e. The number of carbonyl (C=O) groups excluding carboxylic acids is 1. The number of nitrogens with zero attached hydrogens (tertiary/aromatic N) is 1. The molecule has 0 bridgehead atoms. The summed E-state index contributed by atoms with van der Waals surface area (Å²) in [6.45, 7) is 2.22. The normalized spacial score (nSPS) is 29.8. The number of aliphatic hydroxyl groups is 2. The maximum atomic E-state index is 14.8. The van der Waals surface area contributed by atoms with E-state index in [1.807, 2.05) is 4.98 Å². The van der Waals surface area contributed by atoms with Gasteiger partial charge < -0.3 is 25.4 Å². The third-order valence-corrected chi connectivity index (χ3v) is 4.27. The molecule has 0 radical (unpaired) electrons.